The van der Waals surface area contributed by atoms with E-state index in [4.69, 9.17) is 25.8 Å². The summed E-state index contributed by atoms with van der Waals surface area (Å²) in [5, 5.41) is 0.604. The van der Waals surface area contributed by atoms with Crippen LogP contribution in [0.25, 0.3) is 0 Å². The van der Waals surface area contributed by atoms with Crippen LogP contribution in [0.4, 0.5) is 0 Å². The lowest BCUT2D eigenvalue weighted by molar-refractivity contribution is -0.145. The first-order valence-electron chi connectivity index (χ1n) is 8.70. The van der Waals surface area contributed by atoms with Crippen LogP contribution in [0.1, 0.15) is 28.8 Å². The van der Waals surface area contributed by atoms with Crippen LogP contribution in [-0.2, 0) is 9.53 Å². The standard InChI is InChI=1S/C21H21ClO5/c1-4-27-21(24)19-17(12-5-7-13(22)8-6-12)18(19)20(23)15-10-9-14(25-2)11-16(15)26-3/h5-11,17-19H,4H2,1-3H3. The number of rotatable bonds is 7. The van der Waals surface area contributed by atoms with Gasteiger partial charge in [-0.25, -0.2) is 0 Å². The Balaban J connectivity index is 1.93. The molecule has 0 amide bonds. The first kappa shape index (κ1) is 19.2. The maximum absolute atomic E-state index is 13.2. The lowest BCUT2D eigenvalue weighted by Crippen LogP contribution is -2.12. The third-order valence-corrected chi connectivity index (χ3v) is 5.06. The second-order valence-electron chi connectivity index (χ2n) is 6.31. The average Bonchev–Trinajstić information content (AvgIpc) is 3.43. The molecule has 1 fully saturated rings. The Hall–Kier alpha value is -2.53. The van der Waals surface area contributed by atoms with Crippen LogP contribution >= 0.6 is 11.6 Å². The molecular formula is C21H21ClO5. The second-order valence-corrected chi connectivity index (χ2v) is 6.75. The zero-order chi connectivity index (χ0) is 19.6. The Morgan fingerprint density at radius 3 is 2.30 bits per heavy atom. The van der Waals surface area contributed by atoms with E-state index in [-0.39, 0.29) is 24.3 Å². The van der Waals surface area contributed by atoms with E-state index >= 15 is 0 Å². The predicted molar refractivity (Wildman–Crippen MR) is 102 cm³/mol. The molecule has 0 radical (unpaired) electrons. The highest BCUT2D eigenvalue weighted by molar-refractivity contribution is 6.30. The Bertz CT molecular complexity index is 846. The van der Waals surface area contributed by atoms with Crippen molar-refractivity contribution in [3.63, 3.8) is 0 Å². The molecule has 1 saturated carbocycles. The number of ether oxygens (including phenoxy) is 3. The van der Waals surface area contributed by atoms with Crippen molar-refractivity contribution in [2.24, 2.45) is 11.8 Å². The molecule has 2 aromatic rings. The smallest absolute Gasteiger partial charge is 0.310 e. The van der Waals surface area contributed by atoms with Gasteiger partial charge in [-0.1, -0.05) is 23.7 Å². The summed E-state index contributed by atoms with van der Waals surface area (Å²) in [6, 6.07) is 12.2. The van der Waals surface area contributed by atoms with Crippen LogP contribution < -0.4 is 9.47 Å². The number of Topliss-reactive ketones (excluding diaryl/α,β-unsaturated/α-hetero) is 1. The highest BCUT2D eigenvalue weighted by Gasteiger charge is 2.60. The molecule has 3 atom stereocenters. The molecule has 0 spiro atoms. The van der Waals surface area contributed by atoms with Gasteiger partial charge in [-0.05, 0) is 36.8 Å². The van der Waals surface area contributed by atoms with Crippen molar-refractivity contribution >= 4 is 23.4 Å². The van der Waals surface area contributed by atoms with Crippen LogP contribution in [0.2, 0.25) is 5.02 Å². The van der Waals surface area contributed by atoms with Gasteiger partial charge in [0.1, 0.15) is 11.5 Å². The third-order valence-electron chi connectivity index (χ3n) is 4.81. The first-order valence-corrected chi connectivity index (χ1v) is 9.08. The minimum atomic E-state index is -0.509. The fraction of sp³-hybridized carbons (Fsp3) is 0.333. The summed E-state index contributed by atoms with van der Waals surface area (Å²) in [6.07, 6.45) is 0. The van der Waals surface area contributed by atoms with Crippen molar-refractivity contribution in [2.75, 3.05) is 20.8 Å². The quantitative estimate of drug-likeness (QED) is 0.527. The van der Waals surface area contributed by atoms with Gasteiger partial charge in [0.15, 0.2) is 5.78 Å². The van der Waals surface area contributed by atoms with Crippen LogP contribution in [0.15, 0.2) is 42.5 Å². The van der Waals surface area contributed by atoms with Gasteiger partial charge >= 0.3 is 5.97 Å². The average molecular weight is 389 g/mol. The largest absolute Gasteiger partial charge is 0.497 e. The van der Waals surface area contributed by atoms with Gasteiger partial charge in [0, 0.05) is 22.9 Å². The van der Waals surface area contributed by atoms with E-state index in [0.717, 1.165) is 5.56 Å². The summed E-state index contributed by atoms with van der Waals surface area (Å²) < 4.78 is 15.7. The number of ketones is 1. The predicted octanol–water partition coefficient (Wildman–Crippen LogP) is 4.13. The summed E-state index contributed by atoms with van der Waals surface area (Å²) in [7, 11) is 3.04. The summed E-state index contributed by atoms with van der Waals surface area (Å²) in [6.45, 7) is 2.02. The minimum Gasteiger partial charge on any atom is -0.497 e. The van der Waals surface area contributed by atoms with E-state index in [2.05, 4.69) is 0 Å². The van der Waals surface area contributed by atoms with Crippen LogP contribution in [0.3, 0.4) is 0 Å². The van der Waals surface area contributed by atoms with E-state index < -0.39 is 11.8 Å². The fourth-order valence-corrected chi connectivity index (χ4v) is 3.58. The topological polar surface area (TPSA) is 61.8 Å². The van der Waals surface area contributed by atoms with Gasteiger partial charge in [-0.15, -0.1) is 0 Å². The molecular weight excluding hydrogens is 368 g/mol. The Kier molecular flexibility index (Phi) is 5.71. The normalized spacial score (nSPS) is 20.7. The number of methoxy groups -OCH3 is 2. The zero-order valence-electron chi connectivity index (χ0n) is 15.4. The minimum absolute atomic E-state index is 0.146. The molecule has 3 rings (SSSR count). The maximum atomic E-state index is 13.2. The van der Waals surface area contributed by atoms with Gasteiger partial charge in [-0.2, -0.15) is 0 Å². The molecule has 0 saturated heterocycles. The molecule has 1 aliphatic carbocycles. The Labute approximate surface area is 163 Å². The molecule has 0 bridgehead atoms. The molecule has 6 heteroatoms. The molecule has 1 aliphatic rings. The number of hydrogen-bond acceptors (Lipinski definition) is 5. The molecule has 0 N–H and O–H groups in total. The number of carbonyl (C=O) groups is 2. The van der Waals surface area contributed by atoms with Gasteiger partial charge in [0.05, 0.1) is 32.3 Å². The third kappa shape index (κ3) is 3.78. The molecule has 2 aromatic carbocycles. The number of halogens is 1. The van der Waals surface area contributed by atoms with Crippen molar-refractivity contribution in [3.05, 3.63) is 58.6 Å². The van der Waals surface area contributed by atoms with Crippen LogP contribution in [0.5, 0.6) is 11.5 Å². The number of hydrogen-bond donors (Lipinski definition) is 0. The summed E-state index contributed by atoms with van der Waals surface area (Å²) in [5.74, 6) is -0.728. The van der Waals surface area contributed by atoms with Crippen molar-refractivity contribution in [3.8, 4) is 11.5 Å². The van der Waals surface area contributed by atoms with E-state index in [9.17, 15) is 9.59 Å². The van der Waals surface area contributed by atoms with Crippen LogP contribution in [-0.4, -0.2) is 32.6 Å². The zero-order valence-corrected chi connectivity index (χ0v) is 16.2. The van der Waals surface area contributed by atoms with Crippen LogP contribution in [0, 0.1) is 11.8 Å². The maximum Gasteiger partial charge on any atom is 0.310 e. The molecule has 3 unspecified atom stereocenters. The summed E-state index contributed by atoms with van der Waals surface area (Å²) >= 11 is 5.96. The Morgan fingerprint density at radius 2 is 1.70 bits per heavy atom. The number of carbonyl (C=O) groups excluding carboxylic acids is 2. The summed E-state index contributed by atoms with van der Waals surface area (Å²) in [4.78, 5) is 25.6. The Morgan fingerprint density at radius 1 is 1.00 bits per heavy atom. The van der Waals surface area contributed by atoms with E-state index in [1.807, 2.05) is 12.1 Å². The molecule has 142 valence electrons. The van der Waals surface area contributed by atoms with Crippen molar-refractivity contribution in [2.45, 2.75) is 12.8 Å². The van der Waals surface area contributed by atoms with Crippen molar-refractivity contribution in [1.29, 1.82) is 0 Å². The first-order chi connectivity index (χ1) is 13.0. The molecule has 0 heterocycles. The van der Waals surface area contributed by atoms with Gasteiger partial charge in [-0.3, -0.25) is 9.59 Å². The lowest BCUT2D eigenvalue weighted by atomic mass is 10.0. The van der Waals surface area contributed by atoms with E-state index in [1.54, 1.807) is 44.4 Å². The van der Waals surface area contributed by atoms with Crippen molar-refractivity contribution in [1.82, 2.24) is 0 Å². The molecule has 0 aliphatic heterocycles. The van der Waals surface area contributed by atoms with E-state index in [1.165, 1.54) is 7.11 Å². The van der Waals surface area contributed by atoms with Gasteiger partial charge in [0.2, 0.25) is 0 Å². The highest BCUT2D eigenvalue weighted by Crippen LogP contribution is 2.56. The fourth-order valence-electron chi connectivity index (χ4n) is 3.45. The molecule has 27 heavy (non-hydrogen) atoms. The second kappa shape index (κ2) is 8.01. The highest BCUT2D eigenvalue weighted by atomic mass is 35.5. The van der Waals surface area contributed by atoms with Crippen molar-refractivity contribution < 1.29 is 23.8 Å². The molecule has 0 aromatic heterocycles. The van der Waals surface area contributed by atoms with Gasteiger partial charge < -0.3 is 14.2 Å². The number of esters is 1. The van der Waals surface area contributed by atoms with Gasteiger partial charge in [0.25, 0.3) is 0 Å². The monoisotopic (exact) mass is 388 g/mol. The lowest BCUT2D eigenvalue weighted by Gasteiger charge is -2.09. The number of benzene rings is 2. The van der Waals surface area contributed by atoms with E-state index in [0.29, 0.717) is 22.1 Å². The SMILES string of the molecule is CCOC(=O)C1C(C(=O)c2ccc(OC)cc2OC)C1c1ccc(Cl)cc1. The molecule has 5 nitrogen and oxygen atoms in total. The summed E-state index contributed by atoms with van der Waals surface area (Å²) in [5.41, 5.74) is 1.32.